The average Bonchev–Trinajstić information content (AvgIpc) is 2.88. The van der Waals surface area contributed by atoms with Crippen LogP contribution in [0.2, 0.25) is 0 Å². The molecule has 0 aliphatic rings. The first-order chi connectivity index (χ1) is 9.31. The van der Waals surface area contributed by atoms with Crippen LogP contribution in [0.1, 0.15) is 17.5 Å². The summed E-state index contributed by atoms with van der Waals surface area (Å²) in [6.45, 7) is 4.66. The molecular weight excluding hydrogens is 238 g/mol. The number of nitrogens with zero attached hydrogens (tertiary/aromatic N) is 1. The summed E-state index contributed by atoms with van der Waals surface area (Å²) in [5.74, 6) is 0. The fourth-order valence-corrected chi connectivity index (χ4v) is 1.98. The number of methoxy groups -OCH3 is 1. The van der Waals surface area contributed by atoms with Gasteiger partial charge in [0.05, 0.1) is 11.9 Å². The zero-order chi connectivity index (χ0) is 13.5. The van der Waals surface area contributed by atoms with Crippen molar-refractivity contribution < 1.29 is 4.74 Å². The largest absolute Gasteiger partial charge is 0.385 e. The third-order valence-corrected chi connectivity index (χ3v) is 3.08. The van der Waals surface area contributed by atoms with E-state index in [2.05, 4.69) is 46.7 Å². The zero-order valence-corrected chi connectivity index (χ0v) is 11.6. The Bertz CT molecular complexity index is 490. The number of aromatic amines is 1. The lowest BCUT2D eigenvalue weighted by Gasteiger charge is -2.06. The molecule has 4 nitrogen and oxygen atoms in total. The van der Waals surface area contributed by atoms with E-state index in [1.165, 1.54) is 16.7 Å². The molecule has 0 atom stereocenters. The SMILES string of the molecule is COCCCNCc1cn[nH]c1-c1ccc(C)cc1. The fourth-order valence-electron chi connectivity index (χ4n) is 1.98. The highest BCUT2D eigenvalue weighted by atomic mass is 16.5. The fraction of sp³-hybridized carbons (Fsp3) is 0.400. The molecule has 0 amide bonds. The number of hydrogen-bond acceptors (Lipinski definition) is 3. The number of hydrogen-bond donors (Lipinski definition) is 2. The Morgan fingerprint density at radius 3 is 2.79 bits per heavy atom. The Morgan fingerprint density at radius 1 is 1.26 bits per heavy atom. The first kappa shape index (κ1) is 13.8. The third kappa shape index (κ3) is 3.91. The van der Waals surface area contributed by atoms with Gasteiger partial charge in [-0.2, -0.15) is 5.10 Å². The molecule has 0 aliphatic heterocycles. The highest BCUT2D eigenvalue weighted by Crippen LogP contribution is 2.21. The van der Waals surface area contributed by atoms with Gasteiger partial charge in [0.2, 0.25) is 0 Å². The van der Waals surface area contributed by atoms with Gasteiger partial charge in [0.1, 0.15) is 0 Å². The minimum Gasteiger partial charge on any atom is -0.385 e. The summed E-state index contributed by atoms with van der Waals surface area (Å²) in [7, 11) is 1.73. The quantitative estimate of drug-likeness (QED) is 0.751. The van der Waals surface area contributed by atoms with Gasteiger partial charge in [-0.1, -0.05) is 29.8 Å². The minimum absolute atomic E-state index is 0.795. The van der Waals surface area contributed by atoms with Crippen LogP contribution in [0.5, 0.6) is 0 Å². The molecule has 2 N–H and O–H groups in total. The highest BCUT2D eigenvalue weighted by Gasteiger charge is 2.06. The number of aryl methyl sites for hydroxylation is 1. The molecule has 0 aliphatic carbocycles. The van der Waals surface area contributed by atoms with Crippen molar-refractivity contribution in [2.45, 2.75) is 19.9 Å². The van der Waals surface area contributed by atoms with Crippen molar-refractivity contribution in [2.24, 2.45) is 0 Å². The first-order valence-electron chi connectivity index (χ1n) is 6.60. The topological polar surface area (TPSA) is 49.9 Å². The van der Waals surface area contributed by atoms with E-state index in [-0.39, 0.29) is 0 Å². The summed E-state index contributed by atoms with van der Waals surface area (Å²) in [6.07, 6.45) is 2.91. The predicted octanol–water partition coefficient (Wildman–Crippen LogP) is 2.51. The number of nitrogens with one attached hydrogen (secondary N) is 2. The van der Waals surface area contributed by atoms with Crippen LogP contribution < -0.4 is 5.32 Å². The van der Waals surface area contributed by atoms with E-state index in [1.54, 1.807) is 7.11 Å². The van der Waals surface area contributed by atoms with Gasteiger partial charge in [0.25, 0.3) is 0 Å². The summed E-state index contributed by atoms with van der Waals surface area (Å²) < 4.78 is 5.02. The summed E-state index contributed by atoms with van der Waals surface area (Å²) >= 11 is 0. The van der Waals surface area contributed by atoms with E-state index in [1.807, 2.05) is 6.20 Å². The van der Waals surface area contributed by atoms with Crippen LogP contribution in [0.25, 0.3) is 11.3 Å². The molecule has 0 fully saturated rings. The molecule has 0 bridgehead atoms. The van der Waals surface area contributed by atoms with E-state index in [0.29, 0.717) is 0 Å². The average molecular weight is 259 g/mol. The Labute approximate surface area is 114 Å². The lowest BCUT2D eigenvalue weighted by atomic mass is 10.1. The number of aromatic nitrogens is 2. The van der Waals surface area contributed by atoms with Gasteiger partial charge >= 0.3 is 0 Å². The van der Waals surface area contributed by atoms with Crippen LogP contribution in [0.4, 0.5) is 0 Å². The molecule has 0 saturated heterocycles. The first-order valence-corrected chi connectivity index (χ1v) is 6.60. The molecule has 102 valence electrons. The highest BCUT2D eigenvalue weighted by molar-refractivity contribution is 5.62. The molecule has 0 saturated carbocycles. The van der Waals surface area contributed by atoms with Crippen molar-refractivity contribution in [3.05, 3.63) is 41.6 Å². The number of rotatable bonds is 7. The molecule has 19 heavy (non-hydrogen) atoms. The Kier molecular flexibility index (Phi) is 5.12. The Hall–Kier alpha value is -1.65. The lowest BCUT2D eigenvalue weighted by molar-refractivity contribution is 0.194. The van der Waals surface area contributed by atoms with Gasteiger partial charge in [-0.3, -0.25) is 5.10 Å². The normalized spacial score (nSPS) is 10.8. The molecule has 0 spiro atoms. The van der Waals surface area contributed by atoms with E-state index < -0.39 is 0 Å². The number of H-pyrrole nitrogens is 1. The maximum Gasteiger partial charge on any atom is 0.0695 e. The van der Waals surface area contributed by atoms with Crippen LogP contribution in [-0.4, -0.2) is 30.5 Å². The molecule has 2 aromatic rings. The molecule has 2 rings (SSSR count). The van der Waals surface area contributed by atoms with Crippen molar-refractivity contribution >= 4 is 0 Å². The summed E-state index contributed by atoms with van der Waals surface area (Å²) in [6, 6.07) is 8.48. The van der Waals surface area contributed by atoms with Crippen LogP contribution in [0.15, 0.2) is 30.5 Å². The minimum atomic E-state index is 0.795. The molecule has 1 heterocycles. The third-order valence-electron chi connectivity index (χ3n) is 3.08. The van der Waals surface area contributed by atoms with Gasteiger partial charge in [0, 0.05) is 25.8 Å². The van der Waals surface area contributed by atoms with Crippen LogP contribution in [0.3, 0.4) is 0 Å². The van der Waals surface area contributed by atoms with E-state index in [0.717, 1.165) is 31.8 Å². The summed E-state index contributed by atoms with van der Waals surface area (Å²) in [4.78, 5) is 0. The number of ether oxygens (including phenoxy) is 1. The van der Waals surface area contributed by atoms with Gasteiger partial charge in [0.15, 0.2) is 0 Å². The molecule has 0 unspecified atom stereocenters. The summed E-state index contributed by atoms with van der Waals surface area (Å²) in [5.41, 5.74) is 4.74. The van der Waals surface area contributed by atoms with Crippen LogP contribution >= 0.6 is 0 Å². The summed E-state index contributed by atoms with van der Waals surface area (Å²) in [5, 5.41) is 10.6. The standard InChI is InChI=1S/C15H21N3O/c1-12-4-6-13(7-5-12)15-14(11-17-18-15)10-16-8-3-9-19-2/h4-7,11,16H,3,8-10H2,1-2H3,(H,17,18). The van der Waals surface area contributed by atoms with Crippen molar-refractivity contribution in [2.75, 3.05) is 20.3 Å². The van der Waals surface area contributed by atoms with Crippen molar-refractivity contribution in [3.8, 4) is 11.3 Å². The molecule has 0 radical (unpaired) electrons. The zero-order valence-electron chi connectivity index (χ0n) is 11.6. The van der Waals surface area contributed by atoms with Gasteiger partial charge in [-0.05, 0) is 25.5 Å². The second-order valence-corrected chi connectivity index (χ2v) is 4.66. The molecular formula is C15H21N3O. The molecule has 1 aromatic heterocycles. The second-order valence-electron chi connectivity index (χ2n) is 4.66. The van der Waals surface area contributed by atoms with E-state index >= 15 is 0 Å². The molecule has 1 aromatic carbocycles. The van der Waals surface area contributed by atoms with Crippen molar-refractivity contribution in [1.29, 1.82) is 0 Å². The maximum atomic E-state index is 5.02. The van der Waals surface area contributed by atoms with Crippen molar-refractivity contribution in [3.63, 3.8) is 0 Å². The van der Waals surface area contributed by atoms with E-state index in [4.69, 9.17) is 4.74 Å². The lowest BCUT2D eigenvalue weighted by Crippen LogP contribution is -2.16. The smallest absolute Gasteiger partial charge is 0.0695 e. The predicted molar refractivity (Wildman–Crippen MR) is 77.0 cm³/mol. The monoisotopic (exact) mass is 259 g/mol. The van der Waals surface area contributed by atoms with Gasteiger partial charge in [-0.15, -0.1) is 0 Å². The second kappa shape index (κ2) is 7.07. The Morgan fingerprint density at radius 2 is 2.05 bits per heavy atom. The van der Waals surface area contributed by atoms with Crippen molar-refractivity contribution in [1.82, 2.24) is 15.5 Å². The van der Waals surface area contributed by atoms with Gasteiger partial charge in [-0.25, -0.2) is 0 Å². The van der Waals surface area contributed by atoms with Crippen LogP contribution in [0, 0.1) is 6.92 Å². The van der Waals surface area contributed by atoms with E-state index in [9.17, 15) is 0 Å². The van der Waals surface area contributed by atoms with Crippen LogP contribution in [-0.2, 0) is 11.3 Å². The van der Waals surface area contributed by atoms with Gasteiger partial charge < -0.3 is 10.1 Å². The number of benzene rings is 1. The molecule has 4 heteroatoms. The maximum absolute atomic E-state index is 5.02. The Balaban J connectivity index is 1.96.